The van der Waals surface area contributed by atoms with Crippen LogP contribution in [0, 0.1) is 0 Å². The molecular formula is C16H23F2NO. The first kappa shape index (κ1) is 15.2. The van der Waals surface area contributed by atoms with E-state index < -0.39 is 6.61 Å². The Balaban J connectivity index is 1.89. The average Bonchev–Trinajstić information content (AvgIpc) is 2.67. The molecule has 0 heterocycles. The quantitative estimate of drug-likeness (QED) is 0.793. The van der Waals surface area contributed by atoms with E-state index in [1.54, 1.807) is 12.1 Å². The fourth-order valence-corrected chi connectivity index (χ4v) is 2.83. The summed E-state index contributed by atoms with van der Waals surface area (Å²) in [6.07, 6.45) is 7.74. The van der Waals surface area contributed by atoms with E-state index in [2.05, 4.69) is 17.0 Å². The van der Waals surface area contributed by atoms with Gasteiger partial charge < -0.3 is 10.1 Å². The highest BCUT2D eigenvalue weighted by molar-refractivity contribution is 5.29. The van der Waals surface area contributed by atoms with Crippen LogP contribution in [0.1, 0.15) is 57.1 Å². The summed E-state index contributed by atoms with van der Waals surface area (Å²) in [5, 5.41) is 3.65. The normalized spacial score (nSPS) is 18.8. The Bertz CT molecular complexity index is 386. The maximum absolute atomic E-state index is 12.1. The van der Waals surface area contributed by atoms with Gasteiger partial charge >= 0.3 is 6.61 Å². The van der Waals surface area contributed by atoms with Gasteiger partial charge in [0, 0.05) is 12.1 Å². The van der Waals surface area contributed by atoms with Crippen molar-refractivity contribution in [3.05, 3.63) is 29.8 Å². The Morgan fingerprint density at radius 2 is 1.65 bits per heavy atom. The van der Waals surface area contributed by atoms with E-state index >= 15 is 0 Å². The van der Waals surface area contributed by atoms with Gasteiger partial charge in [-0.05, 0) is 37.5 Å². The highest BCUT2D eigenvalue weighted by atomic mass is 19.3. The molecule has 1 aliphatic rings. The predicted molar refractivity (Wildman–Crippen MR) is 76.1 cm³/mol. The highest BCUT2D eigenvalue weighted by Gasteiger charge is 2.15. The van der Waals surface area contributed by atoms with Crippen LogP contribution in [0.2, 0.25) is 0 Å². The Morgan fingerprint density at radius 3 is 2.20 bits per heavy atom. The minimum Gasteiger partial charge on any atom is -0.435 e. The number of halogens is 2. The van der Waals surface area contributed by atoms with Gasteiger partial charge in [0.1, 0.15) is 5.75 Å². The van der Waals surface area contributed by atoms with E-state index in [0.717, 1.165) is 5.56 Å². The number of ether oxygens (including phenoxy) is 1. The standard InChI is InChI=1S/C16H23F2NO/c1-12(19-14-6-4-2-3-5-7-14)13-8-10-15(11-9-13)20-16(17)18/h8-12,14,16,19H,2-7H2,1H3. The summed E-state index contributed by atoms with van der Waals surface area (Å²) in [6.45, 7) is -0.643. The Labute approximate surface area is 119 Å². The van der Waals surface area contributed by atoms with E-state index in [0.29, 0.717) is 6.04 Å². The molecule has 1 saturated carbocycles. The summed E-state index contributed by atoms with van der Waals surface area (Å²) >= 11 is 0. The van der Waals surface area contributed by atoms with Gasteiger partial charge in [-0.3, -0.25) is 0 Å². The molecule has 0 bridgehead atoms. The second-order valence-corrected chi connectivity index (χ2v) is 5.52. The number of nitrogens with one attached hydrogen (secondary N) is 1. The van der Waals surface area contributed by atoms with Gasteiger partial charge in [0.2, 0.25) is 0 Å². The lowest BCUT2D eigenvalue weighted by Gasteiger charge is -2.22. The van der Waals surface area contributed by atoms with Crippen molar-refractivity contribution in [2.75, 3.05) is 0 Å². The molecule has 0 amide bonds. The lowest BCUT2D eigenvalue weighted by Crippen LogP contribution is -2.31. The topological polar surface area (TPSA) is 21.3 Å². The number of hydrogen-bond acceptors (Lipinski definition) is 2. The number of alkyl halides is 2. The minimum atomic E-state index is -2.76. The van der Waals surface area contributed by atoms with Crippen molar-refractivity contribution < 1.29 is 13.5 Å². The van der Waals surface area contributed by atoms with Gasteiger partial charge in [-0.2, -0.15) is 8.78 Å². The Morgan fingerprint density at radius 1 is 1.05 bits per heavy atom. The second kappa shape index (κ2) is 7.58. The molecule has 20 heavy (non-hydrogen) atoms. The maximum Gasteiger partial charge on any atom is 0.387 e. The molecule has 1 aliphatic carbocycles. The number of benzene rings is 1. The summed E-state index contributed by atoms with van der Waals surface area (Å²) in [5.41, 5.74) is 1.11. The summed E-state index contributed by atoms with van der Waals surface area (Å²) in [7, 11) is 0. The molecule has 1 atom stereocenters. The average molecular weight is 283 g/mol. The fourth-order valence-electron chi connectivity index (χ4n) is 2.83. The van der Waals surface area contributed by atoms with Crippen LogP contribution in [0.4, 0.5) is 8.78 Å². The molecule has 1 fully saturated rings. The molecule has 0 aliphatic heterocycles. The molecule has 0 spiro atoms. The summed E-state index contributed by atoms with van der Waals surface area (Å²) in [6, 6.07) is 7.72. The van der Waals surface area contributed by atoms with Crippen LogP contribution in [-0.2, 0) is 0 Å². The van der Waals surface area contributed by atoms with Crippen molar-refractivity contribution in [3.63, 3.8) is 0 Å². The van der Waals surface area contributed by atoms with Gasteiger partial charge in [-0.25, -0.2) is 0 Å². The highest BCUT2D eigenvalue weighted by Crippen LogP contribution is 2.23. The van der Waals surface area contributed by atoms with Crippen molar-refractivity contribution in [2.24, 2.45) is 0 Å². The van der Waals surface area contributed by atoms with Crippen molar-refractivity contribution in [2.45, 2.75) is 64.1 Å². The lowest BCUT2D eigenvalue weighted by molar-refractivity contribution is -0.0498. The predicted octanol–water partition coefficient (Wildman–Crippen LogP) is 4.66. The smallest absolute Gasteiger partial charge is 0.387 e. The zero-order valence-corrected chi connectivity index (χ0v) is 11.9. The molecule has 2 nitrogen and oxygen atoms in total. The molecule has 0 saturated heterocycles. The van der Waals surface area contributed by atoms with Crippen molar-refractivity contribution >= 4 is 0 Å². The molecular weight excluding hydrogens is 260 g/mol. The first-order chi connectivity index (χ1) is 9.65. The van der Waals surface area contributed by atoms with Crippen molar-refractivity contribution in [3.8, 4) is 5.75 Å². The van der Waals surface area contributed by atoms with Crippen LogP contribution < -0.4 is 10.1 Å². The third-order valence-electron chi connectivity index (χ3n) is 3.95. The van der Waals surface area contributed by atoms with E-state index in [1.807, 2.05) is 12.1 Å². The largest absolute Gasteiger partial charge is 0.435 e. The second-order valence-electron chi connectivity index (χ2n) is 5.52. The van der Waals surface area contributed by atoms with E-state index in [4.69, 9.17) is 0 Å². The SMILES string of the molecule is CC(NC1CCCCCC1)c1ccc(OC(F)F)cc1. The molecule has 1 aromatic carbocycles. The van der Waals surface area contributed by atoms with Crippen LogP contribution in [0.15, 0.2) is 24.3 Å². The molecule has 1 aromatic rings. The molecule has 1 N–H and O–H groups in total. The van der Waals surface area contributed by atoms with Gasteiger partial charge in [0.25, 0.3) is 0 Å². The van der Waals surface area contributed by atoms with Crippen LogP contribution in [0.25, 0.3) is 0 Å². The molecule has 0 aromatic heterocycles. The lowest BCUT2D eigenvalue weighted by atomic mass is 10.0. The number of hydrogen-bond donors (Lipinski definition) is 1. The number of rotatable bonds is 5. The Hall–Kier alpha value is -1.16. The minimum absolute atomic E-state index is 0.213. The molecule has 4 heteroatoms. The maximum atomic E-state index is 12.1. The first-order valence-electron chi connectivity index (χ1n) is 7.46. The van der Waals surface area contributed by atoms with Gasteiger partial charge in [0.15, 0.2) is 0 Å². The van der Waals surface area contributed by atoms with Crippen LogP contribution in [-0.4, -0.2) is 12.7 Å². The van der Waals surface area contributed by atoms with Crippen LogP contribution in [0.5, 0.6) is 5.75 Å². The molecule has 2 rings (SSSR count). The first-order valence-corrected chi connectivity index (χ1v) is 7.46. The fraction of sp³-hybridized carbons (Fsp3) is 0.625. The van der Waals surface area contributed by atoms with Gasteiger partial charge in [-0.15, -0.1) is 0 Å². The van der Waals surface area contributed by atoms with Crippen molar-refractivity contribution in [1.82, 2.24) is 5.32 Å². The third kappa shape index (κ3) is 4.75. The van der Waals surface area contributed by atoms with E-state index in [-0.39, 0.29) is 11.8 Å². The van der Waals surface area contributed by atoms with Crippen LogP contribution in [0.3, 0.4) is 0 Å². The van der Waals surface area contributed by atoms with E-state index in [9.17, 15) is 8.78 Å². The zero-order valence-electron chi connectivity index (χ0n) is 11.9. The van der Waals surface area contributed by atoms with Gasteiger partial charge in [0.05, 0.1) is 0 Å². The Kier molecular flexibility index (Phi) is 5.77. The molecule has 0 radical (unpaired) electrons. The third-order valence-corrected chi connectivity index (χ3v) is 3.95. The van der Waals surface area contributed by atoms with Gasteiger partial charge in [-0.1, -0.05) is 37.8 Å². The zero-order chi connectivity index (χ0) is 14.4. The van der Waals surface area contributed by atoms with Crippen molar-refractivity contribution in [1.29, 1.82) is 0 Å². The van der Waals surface area contributed by atoms with Crippen LogP contribution >= 0.6 is 0 Å². The van der Waals surface area contributed by atoms with E-state index in [1.165, 1.54) is 38.5 Å². The summed E-state index contributed by atoms with van der Waals surface area (Å²) in [5.74, 6) is 0.213. The monoisotopic (exact) mass is 283 g/mol. The molecule has 112 valence electrons. The molecule has 1 unspecified atom stereocenters. The summed E-state index contributed by atoms with van der Waals surface area (Å²) in [4.78, 5) is 0. The summed E-state index contributed by atoms with van der Waals surface area (Å²) < 4.78 is 28.5.